The molecule has 0 bridgehead atoms. The van der Waals surface area contributed by atoms with Gasteiger partial charge in [-0.2, -0.15) is 0 Å². The molecule has 150 valence electrons. The zero-order chi connectivity index (χ0) is 20.1. The van der Waals surface area contributed by atoms with Crippen molar-refractivity contribution in [3.8, 4) is 0 Å². The Balaban J connectivity index is 1.41. The lowest BCUT2D eigenvalue weighted by molar-refractivity contribution is -0.113. The number of nitrogens with one attached hydrogen (secondary N) is 1. The fourth-order valence-corrected chi connectivity index (χ4v) is 4.97. The number of thioether (sulfide) groups is 1. The van der Waals surface area contributed by atoms with Crippen LogP contribution in [0, 0.1) is 0 Å². The summed E-state index contributed by atoms with van der Waals surface area (Å²) < 4.78 is 0. The lowest BCUT2D eigenvalue weighted by Crippen LogP contribution is -2.35. The van der Waals surface area contributed by atoms with Crippen molar-refractivity contribution in [2.24, 2.45) is 4.99 Å². The van der Waals surface area contributed by atoms with Gasteiger partial charge >= 0.3 is 0 Å². The Kier molecular flexibility index (Phi) is 6.45. The molecule has 1 saturated carbocycles. The van der Waals surface area contributed by atoms with E-state index in [9.17, 15) is 9.59 Å². The first-order valence-corrected chi connectivity index (χ1v) is 11.3. The van der Waals surface area contributed by atoms with Crippen LogP contribution in [0.2, 0.25) is 0 Å². The Morgan fingerprint density at radius 3 is 2.52 bits per heavy atom. The highest BCUT2D eigenvalue weighted by molar-refractivity contribution is 8.05. The smallest absolute Gasteiger partial charge is 0.283 e. The molecule has 1 aliphatic heterocycles. The molecule has 1 aromatic rings. The molecule has 0 saturated heterocycles. The molecule has 3 aliphatic rings. The number of carbonyl (C=O) groups excluding carboxylic acids is 2. The first kappa shape index (κ1) is 19.9. The Bertz CT molecular complexity index is 888. The third-order valence-electron chi connectivity index (χ3n) is 5.56. The average molecular weight is 407 g/mol. The molecule has 2 amide bonds. The van der Waals surface area contributed by atoms with Crippen molar-refractivity contribution in [1.82, 2.24) is 5.32 Å². The van der Waals surface area contributed by atoms with E-state index >= 15 is 0 Å². The number of hydrogen-bond acceptors (Lipinski definition) is 3. The van der Waals surface area contributed by atoms with Gasteiger partial charge in [0.05, 0.1) is 15.9 Å². The quantitative estimate of drug-likeness (QED) is 0.712. The number of benzene rings is 1. The average Bonchev–Trinajstić information content (AvgIpc) is 2.71. The van der Waals surface area contributed by atoms with Gasteiger partial charge in [0.25, 0.3) is 11.8 Å². The van der Waals surface area contributed by atoms with Crippen molar-refractivity contribution in [2.75, 3.05) is 0 Å². The molecule has 0 spiro atoms. The van der Waals surface area contributed by atoms with Gasteiger partial charge < -0.3 is 5.32 Å². The minimum Gasteiger partial charge on any atom is -0.349 e. The first-order chi connectivity index (χ1) is 14.2. The zero-order valence-corrected chi connectivity index (χ0v) is 17.3. The predicted octanol–water partition coefficient (Wildman–Crippen LogP) is 5.08. The van der Waals surface area contributed by atoms with Crippen molar-refractivity contribution in [2.45, 2.75) is 56.2 Å². The highest BCUT2D eigenvalue weighted by Gasteiger charge is 2.25. The molecular formula is C24H26N2O2S. The SMILES string of the molecule is O=C1N=C2C=CC=CC2S/C1=C/c1ccc(C(=O)NC2CCCCCCC2)cc1. The van der Waals surface area contributed by atoms with E-state index in [0.29, 0.717) is 10.5 Å². The number of carbonyl (C=O) groups is 2. The normalized spacial score (nSPS) is 23.9. The van der Waals surface area contributed by atoms with Crippen molar-refractivity contribution in [1.29, 1.82) is 0 Å². The van der Waals surface area contributed by atoms with E-state index < -0.39 is 0 Å². The molecule has 2 aliphatic carbocycles. The largest absolute Gasteiger partial charge is 0.349 e. The Morgan fingerprint density at radius 1 is 1.03 bits per heavy atom. The number of amides is 2. The molecule has 0 aromatic heterocycles. The molecule has 5 heteroatoms. The Labute approximate surface area is 176 Å². The van der Waals surface area contributed by atoms with Crippen molar-refractivity contribution < 1.29 is 9.59 Å². The molecule has 4 nitrogen and oxygen atoms in total. The van der Waals surface area contributed by atoms with Gasteiger partial charge in [-0.3, -0.25) is 9.59 Å². The molecule has 29 heavy (non-hydrogen) atoms. The maximum absolute atomic E-state index is 12.6. The molecule has 1 heterocycles. The minimum atomic E-state index is -0.202. The summed E-state index contributed by atoms with van der Waals surface area (Å²) in [6.07, 6.45) is 18.1. The number of allylic oxidation sites excluding steroid dienone is 3. The van der Waals surface area contributed by atoms with Crippen LogP contribution < -0.4 is 5.32 Å². The maximum atomic E-state index is 12.6. The molecule has 1 aromatic carbocycles. The second-order valence-corrected chi connectivity index (χ2v) is 8.95. The van der Waals surface area contributed by atoms with Gasteiger partial charge in [-0.1, -0.05) is 62.5 Å². The molecule has 1 atom stereocenters. The predicted molar refractivity (Wildman–Crippen MR) is 120 cm³/mol. The van der Waals surface area contributed by atoms with Crippen LogP contribution in [-0.2, 0) is 4.79 Å². The number of nitrogens with zero attached hydrogens (tertiary/aromatic N) is 1. The van der Waals surface area contributed by atoms with Crippen LogP contribution in [0.1, 0.15) is 60.9 Å². The summed E-state index contributed by atoms with van der Waals surface area (Å²) in [7, 11) is 0. The highest BCUT2D eigenvalue weighted by atomic mass is 32.2. The van der Waals surface area contributed by atoms with Crippen LogP contribution in [0.3, 0.4) is 0 Å². The maximum Gasteiger partial charge on any atom is 0.283 e. The summed E-state index contributed by atoms with van der Waals surface area (Å²) in [5.41, 5.74) is 2.37. The minimum absolute atomic E-state index is 0.00809. The van der Waals surface area contributed by atoms with Crippen LogP contribution in [0.25, 0.3) is 6.08 Å². The van der Waals surface area contributed by atoms with Gasteiger partial charge in [0.15, 0.2) is 0 Å². The molecule has 4 rings (SSSR count). The molecule has 0 radical (unpaired) electrons. The van der Waals surface area contributed by atoms with Gasteiger partial charge in [0.1, 0.15) is 0 Å². The van der Waals surface area contributed by atoms with Crippen molar-refractivity contribution in [3.63, 3.8) is 0 Å². The van der Waals surface area contributed by atoms with Crippen LogP contribution in [0.4, 0.5) is 0 Å². The lowest BCUT2D eigenvalue weighted by atomic mass is 9.96. The topological polar surface area (TPSA) is 58.5 Å². The summed E-state index contributed by atoms with van der Waals surface area (Å²) >= 11 is 1.52. The van der Waals surface area contributed by atoms with Gasteiger partial charge in [-0.15, -0.1) is 11.8 Å². The lowest BCUT2D eigenvalue weighted by Gasteiger charge is -2.21. The second-order valence-electron chi connectivity index (χ2n) is 7.77. The van der Waals surface area contributed by atoms with Gasteiger partial charge in [-0.05, 0) is 42.7 Å². The van der Waals surface area contributed by atoms with Crippen LogP contribution in [0.5, 0.6) is 0 Å². The molecule has 1 N–H and O–H groups in total. The fraction of sp³-hybridized carbons (Fsp3) is 0.375. The standard InChI is InChI=1S/C24H26N2O2S/c27-23(25-19-8-4-2-1-3-5-9-19)18-14-12-17(13-15-18)16-22-24(28)26-20-10-6-7-11-21(20)29-22/h6-7,10-16,19,21H,1-5,8-9H2,(H,25,27)/b22-16+. The van der Waals surface area contributed by atoms with Gasteiger partial charge in [0.2, 0.25) is 0 Å². The number of hydrogen-bond donors (Lipinski definition) is 1. The summed E-state index contributed by atoms with van der Waals surface area (Å²) in [6.45, 7) is 0. The second kappa shape index (κ2) is 9.40. The van der Waals surface area contributed by atoms with Crippen molar-refractivity contribution in [3.05, 3.63) is 64.6 Å². The van der Waals surface area contributed by atoms with Crippen molar-refractivity contribution >= 4 is 35.4 Å². The van der Waals surface area contributed by atoms with E-state index in [1.807, 2.05) is 54.6 Å². The van der Waals surface area contributed by atoms with E-state index in [0.717, 1.165) is 24.1 Å². The Morgan fingerprint density at radius 2 is 1.76 bits per heavy atom. The summed E-state index contributed by atoms with van der Waals surface area (Å²) in [5, 5.41) is 3.29. The van der Waals surface area contributed by atoms with E-state index in [1.54, 1.807) is 0 Å². The third-order valence-corrected chi connectivity index (χ3v) is 6.76. The number of rotatable bonds is 3. The number of fused-ring (bicyclic) bond motifs is 1. The number of aliphatic imine (C=N–C) groups is 1. The van der Waals surface area contributed by atoms with Crippen LogP contribution in [0.15, 0.2) is 58.5 Å². The summed E-state index contributed by atoms with van der Waals surface area (Å²) in [5.74, 6) is -0.210. The van der Waals surface area contributed by atoms with Crippen LogP contribution >= 0.6 is 11.8 Å². The first-order valence-electron chi connectivity index (χ1n) is 10.5. The van der Waals surface area contributed by atoms with E-state index in [-0.39, 0.29) is 23.1 Å². The Hall–Kier alpha value is -2.40. The molecular weight excluding hydrogens is 380 g/mol. The highest BCUT2D eigenvalue weighted by Crippen LogP contribution is 2.32. The summed E-state index contributed by atoms with van der Waals surface area (Å²) in [4.78, 5) is 29.7. The third kappa shape index (κ3) is 5.15. The monoisotopic (exact) mass is 406 g/mol. The summed E-state index contributed by atoms with van der Waals surface area (Å²) in [6, 6.07) is 7.74. The van der Waals surface area contributed by atoms with E-state index in [4.69, 9.17) is 0 Å². The van der Waals surface area contributed by atoms with Gasteiger partial charge in [0, 0.05) is 11.6 Å². The molecule has 1 unspecified atom stereocenters. The van der Waals surface area contributed by atoms with E-state index in [1.165, 1.54) is 43.9 Å². The van der Waals surface area contributed by atoms with Crippen LogP contribution in [-0.4, -0.2) is 28.8 Å². The van der Waals surface area contributed by atoms with E-state index in [2.05, 4.69) is 10.3 Å². The zero-order valence-electron chi connectivity index (χ0n) is 16.5. The fourth-order valence-electron chi connectivity index (χ4n) is 3.92. The van der Waals surface area contributed by atoms with Gasteiger partial charge in [-0.25, -0.2) is 4.99 Å². The molecule has 1 fully saturated rings.